The monoisotopic (exact) mass is 241 g/mol. The van der Waals surface area contributed by atoms with Crippen LogP contribution in [0.2, 0.25) is 0 Å². The Bertz CT molecular complexity index is 222. The normalized spacial score (nSPS) is 11.6. The number of carbonyl (C=O) groups excluding carboxylic acids is 1. The highest BCUT2D eigenvalue weighted by Crippen LogP contribution is 1.95. The molecule has 0 aliphatic rings. The molecule has 0 heterocycles. The Balaban J connectivity index is 3.37. The van der Waals surface area contributed by atoms with Crippen LogP contribution in [0.4, 0.5) is 0 Å². The Labute approximate surface area is 106 Å². The molecule has 0 rings (SSSR count). The molecule has 0 spiro atoms. The highest BCUT2D eigenvalue weighted by Gasteiger charge is 1.99. The molecule has 3 heteroatoms. The lowest BCUT2D eigenvalue weighted by molar-refractivity contribution is -0.121. The zero-order valence-corrected chi connectivity index (χ0v) is 11.7. The molecular weight excluding hydrogens is 214 g/mol. The van der Waals surface area contributed by atoms with Crippen molar-refractivity contribution in [2.45, 2.75) is 40.5 Å². The van der Waals surface area contributed by atoms with Crippen molar-refractivity contribution in [1.29, 1.82) is 0 Å². The first-order chi connectivity index (χ1) is 8.02. The van der Waals surface area contributed by atoms with Gasteiger partial charge in [-0.3, -0.25) is 4.79 Å². The first kappa shape index (κ1) is 16.2. The van der Waals surface area contributed by atoms with Gasteiger partial charge in [-0.1, -0.05) is 39.8 Å². The lowest BCUT2D eigenvalue weighted by atomic mass is 10.2. The first-order valence-corrected chi connectivity index (χ1v) is 6.51. The van der Waals surface area contributed by atoms with Crippen molar-refractivity contribution in [1.82, 2.24) is 5.32 Å². The molecule has 0 bridgehead atoms. The molecule has 0 unspecified atom stereocenters. The van der Waals surface area contributed by atoms with Crippen LogP contribution < -0.4 is 5.32 Å². The van der Waals surface area contributed by atoms with Gasteiger partial charge >= 0.3 is 0 Å². The van der Waals surface area contributed by atoms with E-state index in [4.69, 9.17) is 4.74 Å². The Morgan fingerprint density at radius 2 is 1.88 bits per heavy atom. The van der Waals surface area contributed by atoms with Gasteiger partial charge in [-0.05, 0) is 18.3 Å². The quantitative estimate of drug-likeness (QED) is 0.498. The number of nitrogens with one attached hydrogen (secondary N) is 1. The zero-order chi connectivity index (χ0) is 13.1. The summed E-state index contributed by atoms with van der Waals surface area (Å²) in [6.45, 7) is 10.6. The summed E-state index contributed by atoms with van der Waals surface area (Å²) in [5.41, 5.74) is 0. The van der Waals surface area contributed by atoms with Crippen molar-refractivity contribution in [3.05, 3.63) is 12.2 Å². The van der Waals surface area contributed by atoms with E-state index in [1.165, 1.54) is 0 Å². The minimum atomic E-state index is 0.131. The zero-order valence-electron chi connectivity index (χ0n) is 11.7. The molecule has 100 valence electrons. The average Bonchev–Trinajstić information content (AvgIpc) is 2.24. The van der Waals surface area contributed by atoms with E-state index in [2.05, 4.69) is 33.0 Å². The van der Waals surface area contributed by atoms with Crippen molar-refractivity contribution in [2.24, 2.45) is 11.8 Å². The average molecular weight is 241 g/mol. The summed E-state index contributed by atoms with van der Waals surface area (Å²) in [5, 5.41) is 2.90. The smallest absolute Gasteiger partial charge is 0.220 e. The van der Waals surface area contributed by atoms with Crippen molar-refractivity contribution in [3.63, 3.8) is 0 Å². The molecule has 0 saturated heterocycles. The fraction of sp³-hybridized carbons (Fsp3) is 0.786. The summed E-state index contributed by atoms with van der Waals surface area (Å²) < 4.78 is 5.39. The minimum Gasteiger partial charge on any atom is -0.377 e. The maximum Gasteiger partial charge on any atom is 0.220 e. The van der Waals surface area contributed by atoms with E-state index in [0.717, 1.165) is 19.6 Å². The van der Waals surface area contributed by atoms with Crippen LogP contribution in [0.25, 0.3) is 0 Å². The first-order valence-electron chi connectivity index (χ1n) is 6.51. The number of hydrogen-bond acceptors (Lipinski definition) is 2. The van der Waals surface area contributed by atoms with Crippen LogP contribution in [0.3, 0.4) is 0 Å². The Morgan fingerprint density at radius 1 is 1.18 bits per heavy atom. The lowest BCUT2D eigenvalue weighted by Crippen LogP contribution is -2.26. The van der Waals surface area contributed by atoms with E-state index in [1.54, 1.807) is 0 Å². The van der Waals surface area contributed by atoms with Crippen LogP contribution in [0, 0.1) is 11.8 Å². The maximum atomic E-state index is 11.3. The van der Waals surface area contributed by atoms with Gasteiger partial charge < -0.3 is 10.1 Å². The van der Waals surface area contributed by atoms with Crippen LogP contribution in [0.15, 0.2) is 12.2 Å². The second-order valence-electron chi connectivity index (χ2n) is 5.14. The van der Waals surface area contributed by atoms with Crippen LogP contribution in [-0.2, 0) is 9.53 Å². The van der Waals surface area contributed by atoms with E-state index in [0.29, 0.717) is 24.9 Å². The van der Waals surface area contributed by atoms with Gasteiger partial charge in [0, 0.05) is 19.6 Å². The molecular formula is C14H27NO2. The second-order valence-corrected chi connectivity index (χ2v) is 5.14. The highest BCUT2D eigenvalue weighted by molar-refractivity contribution is 5.75. The van der Waals surface area contributed by atoms with E-state index in [9.17, 15) is 4.79 Å². The molecule has 0 radical (unpaired) electrons. The molecule has 0 aliphatic heterocycles. The van der Waals surface area contributed by atoms with Gasteiger partial charge in [0.05, 0.1) is 6.61 Å². The van der Waals surface area contributed by atoms with E-state index in [1.807, 2.05) is 12.2 Å². The Morgan fingerprint density at radius 3 is 2.47 bits per heavy atom. The predicted octanol–water partition coefficient (Wildman–Crippen LogP) is 2.77. The summed E-state index contributed by atoms with van der Waals surface area (Å²) in [6, 6.07) is 0. The summed E-state index contributed by atoms with van der Waals surface area (Å²) >= 11 is 0. The molecule has 0 aromatic heterocycles. The van der Waals surface area contributed by atoms with Gasteiger partial charge in [-0.2, -0.15) is 0 Å². The maximum absolute atomic E-state index is 11.3. The topological polar surface area (TPSA) is 38.3 Å². The lowest BCUT2D eigenvalue weighted by Gasteiger charge is -2.06. The molecule has 0 atom stereocenters. The predicted molar refractivity (Wildman–Crippen MR) is 71.9 cm³/mol. The molecule has 0 aromatic rings. The molecule has 1 N–H and O–H groups in total. The molecule has 1 amide bonds. The van der Waals surface area contributed by atoms with Crippen molar-refractivity contribution < 1.29 is 9.53 Å². The largest absolute Gasteiger partial charge is 0.377 e. The van der Waals surface area contributed by atoms with Crippen LogP contribution in [0.1, 0.15) is 40.5 Å². The van der Waals surface area contributed by atoms with Crippen LogP contribution in [-0.4, -0.2) is 25.7 Å². The number of carbonyl (C=O) groups is 1. The Kier molecular flexibility index (Phi) is 9.83. The van der Waals surface area contributed by atoms with Gasteiger partial charge in [0.25, 0.3) is 0 Å². The summed E-state index contributed by atoms with van der Waals surface area (Å²) in [4.78, 5) is 11.3. The van der Waals surface area contributed by atoms with Gasteiger partial charge in [0.2, 0.25) is 5.91 Å². The van der Waals surface area contributed by atoms with E-state index >= 15 is 0 Å². The molecule has 0 saturated carbocycles. The van der Waals surface area contributed by atoms with Gasteiger partial charge in [-0.15, -0.1) is 0 Å². The van der Waals surface area contributed by atoms with Gasteiger partial charge in [0.15, 0.2) is 0 Å². The molecule has 0 fully saturated rings. The highest BCUT2D eigenvalue weighted by atomic mass is 16.5. The number of hydrogen-bond donors (Lipinski definition) is 1. The third-order valence-electron chi connectivity index (χ3n) is 2.08. The Hall–Kier alpha value is -0.830. The molecule has 0 aromatic carbocycles. The van der Waals surface area contributed by atoms with Gasteiger partial charge in [-0.25, -0.2) is 0 Å². The van der Waals surface area contributed by atoms with Crippen molar-refractivity contribution in [3.8, 4) is 0 Å². The minimum absolute atomic E-state index is 0.131. The van der Waals surface area contributed by atoms with Crippen LogP contribution in [0.5, 0.6) is 0 Å². The van der Waals surface area contributed by atoms with Crippen molar-refractivity contribution in [2.75, 3.05) is 19.8 Å². The van der Waals surface area contributed by atoms with Crippen molar-refractivity contribution >= 4 is 5.91 Å². The number of amides is 1. The SMILES string of the molecule is CC(C)CNC(=O)CCC=CCOCC(C)C. The molecule has 3 nitrogen and oxygen atoms in total. The molecule has 0 aliphatic carbocycles. The van der Waals surface area contributed by atoms with E-state index in [-0.39, 0.29) is 5.91 Å². The third-order valence-corrected chi connectivity index (χ3v) is 2.08. The summed E-state index contributed by atoms with van der Waals surface area (Å²) in [6.07, 6.45) is 5.34. The number of ether oxygens (including phenoxy) is 1. The van der Waals surface area contributed by atoms with Gasteiger partial charge in [0.1, 0.15) is 0 Å². The van der Waals surface area contributed by atoms with E-state index < -0.39 is 0 Å². The second kappa shape index (κ2) is 10.3. The third kappa shape index (κ3) is 13.1. The summed E-state index contributed by atoms with van der Waals surface area (Å²) in [7, 11) is 0. The fourth-order valence-electron chi connectivity index (χ4n) is 1.18. The molecule has 17 heavy (non-hydrogen) atoms. The summed E-state index contributed by atoms with van der Waals surface area (Å²) in [5.74, 6) is 1.22. The number of rotatable bonds is 9. The standard InChI is InChI=1S/C14H27NO2/c1-12(2)10-15-14(16)8-6-5-7-9-17-11-13(3)4/h5,7,12-13H,6,8-11H2,1-4H3,(H,15,16). The van der Waals surface area contributed by atoms with Crippen LogP contribution >= 0.6 is 0 Å². The fourth-order valence-corrected chi connectivity index (χ4v) is 1.18. The number of allylic oxidation sites excluding steroid dienone is 1.